The molecule has 2 aliphatic rings. The highest BCUT2D eigenvalue weighted by Crippen LogP contribution is 2.35. The van der Waals surface area contributed by atoms with Gasteiger partial charge in [0.15, 0.2) is 0 Å². The summed E-state index contributed by atoms with van der Waals surface area (Å²) in [5.41, 5.74) is 6.93. The van der Waals surface area contributed by atoms with Gasteiger partial charge in [-0.1, -0.05) is 0 Å². The molecule has 11 heteroatoms. The average molecular weight is 431 g/mol. The van der Waals surface area contributed by atoms with Crippen LogP contribution >= 0.6 is 0 Å². The zero-order valence-corrected chi connectivity index (χ0v) is 17.5. The molecule has 30 heavy (non-hydrogen) atoms. The third kappa shape index (κ3) is 3.43. The number of amides is 3. The molecule has 2 atom stereocenters. The number of rotatable bonds is 6. The summed E-state index contributed by atoms with van der Waals surface area (Å²) in [6, 6.07) is 5.80. The van der Waals surface area contributed by atoms with Gasteiger partial charge in [-0.15, -0.1) is 0 Å². The Kier molecular flexibility index (Phi) is 5.02. The fourth-order valence-corrected chi connectivity index (χ4v) is 4.29. The number of carbonyl (C=O) groups excluding carboxylic acids is 2. The van der Waals surface area contributed by atoms with Crippen LogP contribution in [0.3, 0.4) is 0 Å². The van der Waals surface area contributed by atoms with Crippen LogP contribution in [-0.2, 0) is 21.4 Å². The van der Waals surface area contributed by atoms with Crippen molar-refractivity contribution in [3.63, 3.8) is 0 Å². The smallest absolute Gasteiger partial charge is 0.325 e. The predicted octanol–water partition coefficient (Wildman–Crippen LogP) is 0.336. The van der Waals surface area contributed by atoms with E-state index in [0.717, 1.165) is 18.4 Å². The molecule has 3 amide bonds. The maximum absolute atomic E-state index is 12.8. The number of sulfonamides is 1. The molecule has 3 heterocycles. The van der Waals surface area contributed by atoms with E-state index in [4.69, 9.17) is 5.73 Å². The summed E-state index contributed by atoms with van der Waals surface area (Å²) in [4.78, 5) is 32.3. The van der Waals surface area contributed by atoms with Gasteiger partial charge in [0.2, 0.25) is 15.9 Å². The Morgan fingerprint density at radius 3 is 2.57 bits per heavy atom. The Morgan fingerprint density at radius 2 is 1.93 bits per heavy atom. The molecule has 2 fully saturated rings. The lowest BCUT2D eigenvalue weighted by molar-refractivity contribution is -0.119. The molecule has 0 bridgehead atoms. The minimum absolute atomic E-state index is 0.119. The molecule has 159 valence electrons. The van der Waals surface area contributed by atoms with Crippen LogP contribution in [0.15, 0.2) is 36.7 Å². The Balaban J connectivity index is 1.61. The van der Waals surface area contributed by atoms with Crippen molar-refractivity contribution in [3.05, 3.63) is 48.9 Å². The molecular weight excluding hydrogens is 408 g/mol. The minimum atomic E-state index is -3.34. The van der Waals surface area contributed by atoms with Crippen molar-refractivity contribution in [1.29, 1.82) is 0 Å². The van der Waals surface area contributed by atoms with E-state index < -0.39 is 22.0 Å². The second-order valence-electron chi connectivity index (χ2n) is 7.46. The summed E-state index contributed by atoms with van der Waals surface area (Å²) < 4.78 is 26.4. The van der Waals surface area contributed by atoms with Crippen LogP contribution < -0.4 is 10.6 Å². The van der Waals surface area contributed by atoms with Gasteiger partial charge in [-0.05, 0) is 37.1 Å². The molecule has 2 aliphatic heterocycles. The molecule has 4 rings (SSSR count). The highest BCUT2D eigenvalue weighted by atomic mass is 32.2. The number of urea groups is 1. The van der Waals surface area contributed by atoms with Crippen molar-refractivity contribution >= 4 is 27.6 Å². The van der Waals surface area contributed by atoms with Crippen molar-refractivity contribution in [2.75, 3.05) is 24.7 Å². The van der Waals surface area contributed by atoms with Crippen molar-refractivity contribution in [1.82, 2.24) is 18.8 Å². The van der Waals surface area contributed by atoms with E-state index >= 15 is 0 Å². The Hall–Kier alpha value is -2.92. The molecule has 0 spiro atoms. The quantitative estimate of drug-likeness (QED) is 0.707. The highest BCUT2D eigenvalue weighted by Gasteiger charge is 2.51. The number of hydrogen-bond donors (Lipinski definition) is 1. The molecular formula is C19H23N6O4S. The first-order valence-electron chi connectivity index (χ1n) is 9.45. The SMILES string of the molecule is CN(Cc1nccn1-c1ccc(N2C(=O)N3CC[CH][C@@H]3C2C(N)=O)cc1)S(C)(=O)=O. The lowest BCUT2D eigenvalue weighted by Gasteiger charge is -2.23. The number of nitrogens with two attached hydrogens (primary N) is 1. The van der Waals surface area contributed by atoms with Gasteiger partial charge >= 0.3 is 6.03 Å². The number of nitrogens with zero attached hydrogens (tertiary/aromatic N) is 5. The average Bonchev–Trinajstić information content (AvgIpc) is 3.38. The summed E-state index contributed by atoms with van der Waals surface area (Å²) in [6.07, 6.45) is 7.17. The van der Waals surface area contributed by atoms with Gasteiger partial charge in [-0.3, -0.25) is 9.69 Å². The van der Waals surface area contributed by atoms with Crippen LogP contribution in [0.4, 0.5) is 10.5 Å². The topological polar surface area (TPSA) is 122 Å². The number of primary amides is 1. The fourth-order valence-electron chi connectivity index (χ4n) is 3.94. The summed E-state index contributed by atoms with van der Waals surface area (Å²) in [6.45, 7) is 0.697. The van der Waals surface area contributed by atoms with E-state index in [1.807, 2.05) is 6.42 Å². The number of hydrogen-bond acceptors (Lipinski definition) is 5. The van der Waals surface area contributed by atoms with Gasteiger partial charge in [-0.25, -0.2) is 18.2 Å². The number of carbonyl (C=O) groups is 2. The minimum Gasteiger partial charge on any atom is -0.368 e. The number of fused-ring (bicyclic) bond motifs is 1. The molecule has 2 aromatic rings. The largest absolute Gasteiger partial charge is 0.368 e. The number of imidazole rings is 1. The van der Waals surface area contributed by atoms with Gasteiger partial charge in [0.25, 0.3) is 0 Å². The molecule has 1 unspecified atom stereocenters. The van der Waals surface area contributed by atoms with Crippen LogP contribution in [0, 0.1) is 6.42 Å². The van der Waals surface area contributed by atoms with Gasteiger partial charge in [0, 0.05) is 37.4 Å². The van der Waals surface area contributed by atoms with Crippen molar-refractivity contribution < 1.29 is 18.0 Å². The summed E-state index contributed by atoms with van der Waals surface area (Å²) in [7, 11) is -1.85. The molecule has 10 nitrogen and oxygen atoms in total. The van der Waals surface area contributed by atoms with Crippen LogP contribution in [0.1, 0.15) is 12.2 Å². The molecule has 2 N–H and O–H groups in total. The lowest BCUT2D eigenvalue weighted by Crippen LogP contribution is -2.46. The number of benzene rings is 1. The predicted molar refractivity (Wildman–Crippen MR) is 110 cm³/mol. The standard InChI is InChI=1S/C19H23N6O4S/c1-22(30(2,28)29)12-16-21-9-11-23(16)13-5-7-14(8-6-13)25-17(18(20)26)15-4-3-10-24(15)19(25)27/h4-9,11,15,17H,3,10,12H2,1-2H3,(H2,20,26)/t15-,17?/m1/s1. The van der Waals surface area contributed by atoms with E-state index in [0.29, 0.717) is 18.1 Å². The highest BCUT2D eigenvalue weighted by molar-refractivity contribution is 7.88. The first-order chi connectivity index (χ1) is 14.2. The van der Waals surface area contributed by atoms with Crippen LogP contribution in [0.2, 0.25) is 0 Å². The second kappa shape index (κ2) is 7.40. The zero-order chi connectivity index (χ0) is 21.6. The zero-order valence-electron chi connectivity index (χ0n) is 16.7. The summed E-state index contributed by atoms with van der Waals surface area (Å²) in [5, 5.41) is 0. The summed E-state index contributed by atoms with van der Waals surface area (Å²) >= 11 is 0. The van der Waals surface area contributed by atoms with E-state index in [1.54, 1.807) is 46.1 Å². The first kappa shape index (κ1) is 20.4. The first-order valence-corrected chi connectivity index (χ1v) is 11.3. The van der Waals surface area contributed by atoms with Gasteiger partial charge < -0.3 is 15.2 Å². The van der Waals surface area contributed by atoms with Crippen LogP contribution in [0.25, 0.3) is 5.69 Å². The monoisotopic (exact) mass is 431 g/mol. The third-order valence-corrected chi connectivity index (χ3v) is 6.80. The fraction of sp³-hybridized carbons (Fsp3) is 0.368. The second-order valence-corrected chi connectivity index (χ2v) is 9.55. The Bertz CT molecular complexity index is 1080. The van der Waals surface area contributed by atoms with Gasteiger partial charge in [0.1, 0.15) is 11.9 Å². The normalized spacial score (nSPS) is 21.5. The van der Waals surface area contributed by atoms with E-state index in [-0.39, 0.29) is 18.6 Å². The van der Waals surface area contributed by atoms with Crippen LogP contribution in [-0.4, -0.2) is 71.0 Å². The molecule has 0 aliphatic carbocycles. The molecule has 2 saturated heterocycles. The van der Waals surface area contributed by atoms with E-state index in [2.05, 4.69) is 4.98 Å². The van der Waals surface area contributed by atoms with Crippen molar-refractivity contribution in [2.24, 2.45) is 5.73 Å². The summed E-state index contributed by atoms with van der Waals surface area (Å²) in [5.74, 6) is 0.0111. The maximum Gasteiger partial charge on any atom is 0.325 e. The molecule has 1 aromatic heterocycles. The maximum atomic E-state index is 12.8. The number of aromatic nitrogens is 2. The lowest BCUT2D eigenvalue weighted by atomic mass is 10.1. The van der Waals surface area contributed by atoms with Gasteiger partial charge in [0.05, 0.1) is 18.8 Å². The van der Waals surface area contributed by atoms with Gasteiger partial charge in [-0.2, -0.15) is 4.31 Å². The number of anilines is 1. The van der Waals surface area contributed by atoms with E-state index in [9.17, 15) is 18.0 Å². The third-order valence-electron chi connectivity index (χ3n) is 5.54. The molecule has 1 radical (unpaired) electrons. The molecule has 1 aromatic carbocycles. The van der Waals surface area contributed by atoms with E-state index in [1.165, 1.54) is 16.3 Å². The Labute approximate surface area is 174 Å². The van der Waals surface area contributed by atoms with Crippen molar-refractivity contribution in [3.8, 4) is 5.69 Å². The van der Waals surface area contributed by atoms with Crippen LogP contribution in [0.5, 0.6) is 0 Å². The van der Waals surface area contributed by atoms with Crippen molar-refractivity contribution in [2.45, 2.75) is 25.0 Å². The Morgan fingerprint density at radius 1 is 1.27 bits per heavy atom. The molecule has 0 saturated carbocycles.